The summed E-state index contributed by atoms with van der Waals surface area (Å²) in [6.45, 7) is 2.06. The molecule has 2 rings (SSSR count). The molecule has 0 bridgehead atoms. The number of aryl methyl sites for hydroxylation is 1. The molecule has 17 heavy (non-hydrogen) atoms. The molecule has 0 atom stereocenters. The van der Waals surface area contributed by atoms with Crippen molar-refractivity contribution in [3.05, 3.63) is 26.6 Å². The number of halogens is 1. The van der Waals surface area contributed by atoms with Crippen LogP contribution in [-0.2, 0) is 6.42 Å². The second-order valence-corrected chi connectivity index (χ2v) is 6.29. The highest BCUT2D eigenvalue weighted by Crippen LogP contribution is 2.39. The molecule has 2 aromatic rings. The van der Waals surface area contributed by atoms with Crippen molar-refractivity contribution in [1.82, 2.24) is 4.98 Å². The van der Waals surface area contributed by atoms with E-state index in [4.69, 9.17) is 0 Å². The largest absolute Gasteiger partial charge is 0.476 e. The van der Waals surface area contributed by atoms with Crippen LogP contribution in [0.15, 0.2) is 15.9 Å². The van der Waals surface area contributed by atoms with Crippen LogP contribution in [0, 0.1) is 0 Å². The van der Waals surface area contributed by atoms with Crippen molar-refractivity contribution in [3.8, 4) is 9.75 Å². The molecule has 0 aliphatic rings. The number of nitrogens with zero attached hydrogens (tertiary/aromatic N) is 1. The second-order valence-electron chi connectivity index (χ2n) is 3.44. The third-order valence-corrected chi connectivity index (χ3v) is 5.28. The number of rotatable bonds is 4. The van der Waals surface area contributed by atoms with E-state index in [1.807, 2.05) is 11.4 Å². The Kier molecular flexibility index (Phi) is 3.96. The lowest BCUT2D eigenvalue weighted by atomic mass is 10.3. The van der Waals surface area contributed by atoms with Gasteiger partial charge in [0.15, 0.2) is 5.69 Å². The van der Waals surface area contributed by atoms with Crippen LogP contribution in [0.2, 0.25) is 0 Å². The van der Waals surface area contributed by atoms with Crippen molar-refractivity contribution in [1.29, 1.82) is 0 Å². The van der Waals surface area contributed by atoms with Gasteiger partial charge in [-0.05, 0) is 40.2 Å². The van der Waals surface area contributed by atoms with Gasteiger partial charge in [0.05, 0.1) is 14.8 Å². The number of hydrogen-bond acceptors (Lipinski definition) is 4. The molecule has 0 aromatic carbocycles. The van der Waals surface area contributed by atoms with Crippen molar-refractivity contribution >= 4 is 44.6 Å². The lowest BCUT2D eigenvalue weighted by molar-refractivity contribution is 0.0692. The number of carbonyl (C=O) groups is 1. The van der Waals surface area contributed by atoms with Crippen LogP contribution in [0.3, 0.4) is 0 Å². The first-order chi connectivity index (χ1) is 8.13. The van der Waals surface area contributed by atoms with Crippen LogP contribution in [0.4, 0.5) is 0 Å². The summed E-state index contributed by atoms with van der Waals surface area (Å²) in [5.41, 5.74) is 0.168. The molecule has 1 N–H and O–H groups in total. The minimum Gasteiger partial charge on any atom is -0.476 e. The van der Waals surface area contributed by atoms with Gasteiger partial charge in [0.2, 0.25) is 0 Å². The van der Waals surface area contributed by atoms with Crippen molar-refractivity contribution in [3.63, 3.8) is 0 Å². The number of carboxylic acids is 1. The fraction of sp³-hybridized carbons (Fsp3) is 0.273. The van der Waals surface area contributed by atoms with Crippen LogP contribution in [0.5, 0.6) is 0 Å². The zero-order valence-electron chi connectivity index (χ0n) is 9.07. The Bertz CT molecular complexity index is 547. The molecule has 0 saturated heterocycles. The van der Waals surface area contributed by atoms with Gasteiger partial charge < -0.3 is 5.11 Å². The van der Waals surface area contributed by atoms with E-state index in [0.717, 1.165) is 32.1 Å². The second kappa shape index (κ2) is 5.29. The van der Waals surface area contributed by atoms with E-state index >= 15 is 0 Å². The van der Waals surface area contributed by atoms with E-state index in [9.17, 15) is 9.90 Å². The highest BCUT2D eigenvalue weighted by molar-refractivity contribution is 9.10. The Morgan fingerprint density at radius 3 is 2.82 bits per heavy atom. The summed E-state index contributed by atoms with van der Waals surface area (Å²) in [4.78, 5) is 17.1. The van der Waals surface area contributed by atoms with E-state index in [2.05, 4.69) is 27.8 Å². The van der Waals surface area contributed by atoms with Crippen molar-refractivity contribution in [2.24, 2.45) is 0 Å². The Hall–Kier alpha value is -0.720. The normalized spacial score (nSPS) is 10.7. The summed E-state index contributed by atoms with van der Waals surface area (Å²) in [5.74, 6) is -0.959. The predicted molar refractivity (Wildman–Crippen MR) is 74.1 cm³/mol. The molecule has 0 amide bonds. The summed E-state index contributed by atoms with van der Waals surface area (Å²) < 4.78 is 0.927. The monoisotopic (exact) mass is 331 g/mol. The van der Waals surface area contributed by atoms with E-state index < -0.39 is 5.97 Å². The van der Waals surface area contributed by atoms with Gasteiger partial charge in [-0.3, -0.25) is 0 Å². The molecule has 0 aliphatic carbocycles. The summed E-state index contributed by atoms with van der Waals surface area (Å²) >= 11 is 6.43. The summed E-state index contributed by atoms with van der Waals surface area (Å²) in [6, 6.07) is 1.92. The van der Waals surface area contributed by atoms with Gasteiger partial charge in [0.25, 0.3) is 0 Å². The minimum atomic E-state index is -0.959. The number of aromatic carboxylic acids is 1. The molecule has 2 heterocycles. The van der Waals surface area contributed by atoms with Crippen LogP contribution in [0.1, 0.15) is 28.8 Å². The molecule has 6 heteroatoms. The molecule has 0 saturated carbocycles. The van der Waals surface area contributed by atoms with Crippen LogP contribution >= 0.6 is 38.6 Å². The van der Waals surface area contributed by atoms with Crippen LogP contribution in [0.25, 0.3) is 9.75 Å². The Labute approximate surface area is 115 Å². The van der Waals surface area contributed by atoms with Crippen molar-refractivity contribution in [2.45, 2.75) is 19.8 Å². The Morgan fingerprint density at radius 2 is 2.29 bits per heavy atom. The maximum Gasteiger partial charge on any atom is 0.356 e. The maximum absolute atomic E-state index is 11.2. The first-order valence-electron chi connectivity index (χ1n) is 5.09. The van der Waals surface area contributed by atoms with E-state index in [0.29, 0.717) is 0 Å². The molecule has 0 spiro atoms. The lowest BCUT2D eigenvalue weighted by Gasteiger charge is -1.95. The zero-order chi connectivity index (χ0) is 12.4. The molecule has 0 radical (unpaired) electrons. The van der Waals surface area contributed by atoms with Crippen LogP contribution < -0.4 is 0 Å². The van der Waals surface area contributed by atoms with Gasteiger partial charge in [0.1, 0.15) is 0 Å². The number of aromatic nitrogens is 1. The molecular formula is C11H10BrNO2S2. The Balaban J connectivity index is 2.52. The highest BCUT2D eigenvalue weighted by atomic mass is 79.9. The number of thiazole rings is 1. The number of thiophene rings is 1. The van der Waals surface area contributed by atoms with Crippen molar-refractivity contribution in [2.75, 3.05) is 0 Å². The zero-order valence-corrected chi connectivity index (χ0v) is 12.3. The first kappa shape index (κ1) is 12.7. The van der Waals surface area contributed by atoms with Crippen molar-refractivity contribution < 1.29 is 9.90 Å². The van der Waals surface area contributed by atoms with Gasteiger partial charge in [-0.25, -0.2) is 9.78 Å². The number of hydrogen-bond donors (Lipinski definition) is 1. The number of carboxylic acid groups (broad SMARTS) is 1. The fourth-order valence-electron chi connectivity index (χ4n) is 1.44. The standard InChI is InChI=1S/C11H10BrNO2S2/c1-2-3-7-13-8(11(14)15)10(17-7)9-6(12)4-5-16-9/h4-5H,2-3H2,1H3,(H,14,15). The molecule has 0 fully saturated rings. The topological polar surface area (TPSA) is 50.2 Å². The summed E-state index contributed by atoms with van der Waals surface area (Å²) in [5, 5.41) is 12.0. The van der Waals surface area contributed by atoms with Gasteiger partial charge in [-0.2, -0.15) is 0 Å². The maximum atomic E-state index is 11.2. The SMILES string of the molecule is CCCc1nc(C(=O)O)c(-c2sccc2Br)s1. The minimum absolute atomic E-state index is 0.168. The molecule has 90 valence electrons. The van der Waals surface area contributed by atoms with Gasteiger partial charge in [-0.1, -0.05) is 6.92 Å². The quantitative estimate of drug-likeness (QED) is 0.909. The van der Waals surface area contributed by atoms with Crippen LogP contribution in [-0.4, -0.2) is 16.1 Å². The molecule has 0 aliphatic heterocycles. The Morgan fingerprint density at radius 1 is 1.53 bits per heavy atom. The first-order valence-corrected chi connectivity index (χ1v) is 7.58. The predicted octanol–water partition coefficient (Wildman–Crippen LogP) is 4.28. The fourth-order valence-corrected chi connectivity index (χ4v) is 4.46. The highest BCUT2D eigenvalue weighted by Gasteiger charge is 2.20. The van der Waals surface area contributed by atoms with E-state index in [-0.39, 0.29) is 5.69 Å². The average Bonchev–Trinajstić information content (AvgIpc) is 2.84. The van der Waals surface area contributed by atoms with Gasteiger partial charge >= 0.3 is 5.97 Å². The third-order valence-electron chi connectivity index (χ3n) is 2.16. The lowest BCUT2D eigenvalue weighted by Crippen LogP contribution is -1.98. The van der Waals surface area contributed by atoms with Gasteiger partial charge in [0, 0.05) is 4.47 Å². The molecule has 0 unspecified atom stereocenters. The molecule has 2 aromatic heterocycles. The summed E-state index contributed by atoms with van der Waals surface area (Å²) in [7, 11) is 0. The molecule has 3 nitrogen and oxygen atoms in total. The molecular weight excluding hydrogens is 322 g/mol. The van der Waals surface area contributed by atoms with Gasteiger partial charge in [-0.15, -0.1) is 22.7 Å². The average molecular weight is 332 g/mol. The smallest absolute Gasteiger partial charge is 0.356 e. The van der Waals surface area contributed by atoms with E-state index in [1.165, 1.54) is 22.7 Å². The van der Waals surface area contributed by atoms with E-state index in [1.54, 1.807) is 0 Å². The summed E-state index contributed by atoms with van der Waals surface area (Å²) in [6.07, 6.45) is 1.80. The third kappa shape index (κ3) is 2.59.